The van der Waals surface area contributed by atoms with Crippen LogP contribution in [0.25, 0.3) is 0 Å². The first-order valence-corrected chi connectivity index (χ1v) is 9.06. The van der Waals surface area contributed by atoms with E-state index in [1.54, 1.807) is 18.2 Å². The lowest BCUT2D eigenvalue weighted by Crippen LogP contribution is -2.17. The van der Waals surface area contributed by atoms with Gasteiger partial charge in [0.15, 0.2) is 0 Å². The summed E-state index contributed by atoms with van der Waals surface area (Å²) >= 11 is 0. The number of nitrogens with one attached hydrogen (secondary N) is 1. The second-order valence-electron chi connectivity index (χ2n) is 5.39. The predicted octanol–water partition coefficient (Wildman–Crippen LogP) is 2.58. The molecule has 0 radical (unpaired) electrons. The SMILES string of the molecule is CCCCc1cc(NCc2ccco2)c(C(=O)O)cc1S(N)(=O)=O. The minimum Gasteiger partial charge on any atom is -0.478 e. The first-order chi connectivity index (χ1) is 11.3. The third-order valence-electron chi connectivity index (χ3n) is 3.57. The number of hydrogen-bond donors (Lipinski definition) is 3. The monoisotopic (exact) mass is 352 g/mol. The van der Waals surface area contributed by atoms with Crippen molar-refractivity contribution in [1.82, 2.24) is 0 Å². The molecule has 8 heteroatoms. The smallest absolute Gasteiger partial charge is 0.337 e. The molecular weight excluding hydrogens is 332 g/mol. The highest BCUT2D eigenvalue weighted by molar-refractivity contribution is 7.89. The first-order valence-electron chi connectivity index (χ1n) is 7.52. The number of furan rings is 1. The fraction of sp³-hybridized carbons (Fsp3) is 0.312. The van der Waals surface area contributed by atoms with Gasteiger partial charge in [-0.1, -0.05) is 13.3 Å². The number of anilines is 1. The maximum atomic E-state index is 11.8. The van der Waals surface area contributed by atoms with Crippen LogP contribution in [0.3, 0.4) is 0 Å². The zero-order valence-corrected chi connectivity index (χ0v) is 14.1. The number of carbonyl (C=O) groups is 1. The molecule has 0 saturated carbocycles. The van der Waals surface area contributed by atoms with Gasteiger partial charge in [-0.2, -0.15) is 0 Å². The maximum Gasteiger partial charge on any atom is 0.337 e. The van der Waals surface area contributed by atoms with E-state index in [4.69, 9.17) is 9.56 Å². The summed E-state index contributed by atoms with van der Waals surface area (Å²) in [5.41, 5.74) is 0.689. The van der Waals surface area contributed by atoms with Gasteiger partial charge in [0.2, 0.25) is 10.0 Å². The highest BCUT2D eigenvalue weighted by Gasteiger charge is 2.20. The molecule has 1 heterocycles. The van der Waals surface area contributed by atoms with Crippen molar-refractivity contribution in [2.45, 2.75) is 37.6 Å². The third kappa shape index (κ3) is 4.36. The number of unbranched alkanes of at least 4 members (excludes halogenated alkanes) is 1. The predicted molar refractivity (Wildman–Crippen MR) is 89.4 cm³/mol. The molecule has 130 valence electrons. The summed E-state index contributed by atoms with van der Waals surface area (Å²) in [5.74, 6) is -0.596. The summed E-state index contributed by atoms with van der Waals surface area (Å²) in [4.78, 5) is 11.3. The van der Waals surface area contributed by atoms with Gasteiger partial charge < -0.3 is 14.8 Å². The van der Waals surface area contributed by atoms with Crippen LogP contribution >= 0.6 is 0 Å². The Bertz CT molecular complexity index is 813. The van der Waals surface area contributed by atoms with Crippen LogP contribution in [0.2, 0.25) is 0 Å². The van der Waals surface area contributed by atoms with Crippen LogP contribution < -0.4 is 10.5 Å². The molecule has 0 spiro atoms. The van der Waals surface area contributed by atoms with Crippen molar-refractivity contribution in [3.63, 3.8) is 0 Å². The molecule has 0 fully saturated rings. The van der Waals surface area contributed by atoms with E-state index in [0.717, 1.165) is 18.9 Å². The van der Waals surface area contributed by atoms with Crippen LogP contribution in [-0.4, -0.2) is 19.5 Å². The molecule has 0 unspecified atom stereocenters. The number of sulfonamides is 1. The Morgan fingerprint density at radius 1 is 1.38 bits per heavy atom. The average Bonchev–Trinajstić information content (AvgIpc) is 3.02. The average molecular weight is 352 g/mol. The molecule has 24 heavy (non-hydrogen) atoms. The number of hydrogen-bond acceptors (Lipinski definition) is 5. The van der Waals surface area contributed by atoms with Gasteiger partial charge in [-0.05, 0) is 42.7 Å². The van der Waals surface area contributed by atoms with E-state index in [1.165, 1.54) is 6.26 Å². The number of nitrogens with two attached hydrogens (primary N) is 1. The molecule has 0 amide bonds. The van der Waals surface area contributed by atoms with Crippen LogP contribution in [0.4, 0.5) is 5.69 Å². The fourth-order valence-corrected chi connectivity index (χ4v) is 3.18. The minimum atomic E-state index is -4.00. The molecule has 4 N–H and O–H groups in total. The summed E-state index contributed by atoms with van der Waals surface area (Å²) in [6.07, 6.45) is 3.66. The Labute approximate surface area is 140 Å². The quantitative estimate of drug-likeness (QED) is 0.671. The van der Waals surface area contributed by atoms with Crippen LogP contribution in [0, 0.1) is 0 Å². The van der Waals surface area contributed by atoms with E-state index in [2.05, 4.69) is 5.32 Å². The van der Waals surface area contributed by atoms with Gasteiger partial charge in [0.1, 0.15) is 5.76 Å². The van der Waals surface area contributed by atoms with Crippen molar-refractivity contribution in [1.29, 1.82) is 0 Å². The van der Waals surface area contributed by atoms with Gasteiger partial charge in [0.05, 0.1) is 23.3 Å². The van der Waals surface area contributed by atoms with Gasteiger partial charge in [-0.3, -0.25) is 0 Å². The molecule has 7 nitrogen and oxygen atoms in total. The fourth-order valence-electron chi connectivity index (χ4n) is 2.37. The van der Waals surface area contributed by atoms with Gasteiger partial charge in [0.25, 0.3) is 0 Å². The van der Waals surface area contributed by atoms with Crippen molar-refractivity contribution < 1.29 is 22.7 Å². The lowest BCUT2D eigenvalue weighted by molar-refractivity contribution is 0.0697. The van der Waals surface area contributed by atoms with Crippen LogP contribution in [-0.2, 0) is 23.0 Å². The van der Waals surface area contributed by atoms with Gasteiger partial charge in [-0.15, -0.1) is 0 Å². The molecule has 0 aliphatic heterocycles. The third-order valence-corrected chi connectivity index (χ3v) is 4.56. The molecule has 0 aliphatic carbocycles. The van der Waals surface area contributed by atoms with Gasteiger partial charge >= 0.3 is 5.97 Å². The van der Waals surface area contributed by atoms with Gasteiger partial charge in [0, 0.05) is 5.69 Å². The molecule has 0 aliphatic rings. The lowest BCUT2D eigenvalue weighted by atomic mass is 10.0. The Balaban J connectivity index is 2.45. The number of rotatable bonds is 8. The summed E-state index contributed by atoms with van der Waals surface area (Å²) in [6.45, 7) is 2.27. The summed E-state index contributed by atoms with van der Waals surface area (Å²) in [6, 6.07) is 6.14. The van der Waals surface area contributed by atoms with Crippen molar-refractivity contribution >= 4 is 21.7 Å². The molecule has 0 saturated heterocycles. The normalized spacial score (nSPS) is 11.4. The summed E-state index contributed by atoms with van der Waals surface area (Å²) < 4.78 is 28.8. The van der Waals surface area contributed by atoms with E-state index in [9.17, 15) is 18.3 Å². The number of carboxylic acid groups (broad SMARTS) is 1. The van der Waals surface area contributed by atoms with Crippen molar-refractivity contribution in [3.05, 3.63) is 47.4 Å². The molecular formula is C16H20N2O5S. The highest BCUT2D eigenvalue weighted by Crippen LogP contribution is 2.26. The van der Waals surface area contributed by atoms with E-state index in [0.29, 0.717) is 23.4 Å². The van der Waals surface area contributed by atoms with E-state index in [1.807, 2.05) is 6.92 Å². The zero-order valence-electron chi connectivity index (χ0n) is 13.3. The van der Waals surface area contributed by atoms with Crippen LogP contribution in [0.5, 0.6) is 0 Å². The molecule has 0 bridgehead atoms. The Morgan fingerprint density at radius 2 is 2.12 bits per heavy atom. The number of primary sulfonamides is 1. The standard InChI is InChI=1S/C16H20N2O5S/c1-2-3-5-11-8-14(18-10-12-6-4-7-23-12)13(16(19)20)9-15(11)24(17,21)22/h4,6-9,18H,2-3,5,10H2,1H3,(H,19,20)(H2,17,21,22). The maximum absolute atomic E-state index is 11.8. The molecule has 1 aromatic carbocycles. The molecule has 0 atom stereocenters. The van der Waals surface area contributed by atoms with Crippen molar-refractivity contribution in [3.8, 4) is 0 Å². The largest absolute Gasteiger partial charge is 0.478 e. The summed E-state index contributed by atoms with van der Waals surface area (Å²) in [7, 11) is -4.00. The lowest BCUT2D eigenvalue weighted by Gasteiger charge is -2.14. The number of aryl methyl sites for hydroxylation is 1. The molecule has 2 rings (SSSR count). The van der Waals surface area contributed by atoms with E-state index in [-0.39, 0.29) is 17.0 Å². The van der Waals surface area contributed by atoms with Crippen molar-refractivity contribution in [2.24, 2.45) is 5.14 Å². The first kappa shape index (κ1) is 18.0. The zero-order chi connectivity index (χ0) is 17.7. The Morgan fingerprint density at radius 3 is 2.67 bits per heavy atom. The topological polar surface area (TPSA) is 123 Å². The Hall–Kier alpha value is -2.32. The van der Waals surface area contributed by atoms with E-state index >= 15 is 0 Å². The van der Waals surface area contributed by atoms with Crippen LogP contribution in [0.1, 0.15) is 41.4 Å². The number of carboxylic acids is 1. The second-order valence-corrected chi connectivity index (χ2v) is 6.92. The van der Waals surface area contributed by atoms with Crippen molar-refractivity contribution in [2.75, 3.05) is 5.32 Å². The molecule has 2 aromatic rings. The van der Waals surface area contributed by atoms with Crippen LogP contribution in [0.15, 0.2) is 39.8 Å². The number of benzene rings is 1. The van der Waals surface area contributed by atoms with E-state index < -0.39 is 16.0 Å². The van der Waals surface area contributed by atoms with Gasteiger partial charge in [-0.25, -0.2) is 18.4 Å². The minimum absolute atomic E-state index is 0.142. The second kappa shape index (κ2) is 7.50. The number of aromatic carboxylic acids is 1. The highest BCUT2D eigenvalue weighted by atomic mass is 32.2. The summed E-state index contributed by atoms with van der Waals surface area (Å²) in [5, 5.41) is 17.6. The Kier molecular flexibility index (Phi) is 5.63. The molecule has 1 aromatic heterocycles.